The van der Waals surface area contributed by atoms with Crippen LogP contribution in [0.5, 0.6) is 0 Å². The molecule has 0 aliphatic rings. The minimum atomic E-state index is 0.245. The second-order valence-corrected chi connectivity index (χ2v) is 4.13. The minimum absolute atomic E-state index is 0.245. The van der Waals surface area contributed by atoms with Crippen LogP contribution in [0.4, 0.5) is 0 Å². The van der Waals surface area contributed by atoms with E-state index in [1.807, 2.05) is 31.1 Å². The first-order valence-electron chi connectivity index (χ1n) is 6.07. The van der Waals surface area contributed by atoms with Gasteiger partial charge in [-0.3, -0.25) is 4.79 Å². The molecular formula is C13H22N2O. The van der Waals surface area contributed by atoms with Crippen LogP contribution in [0.3, 0.4) is 0 Å². The maximum absolute atomic E-state index is 11.8. The quantitative estimate of drug-likeness (QED) is 0.726. The number of aromatic nitrogens is 1. The number of amides is 1. The number of carbonyl (C=O) groups excluding carboxylic acids is 1. The van der Waals surface area contributed by atoms with Gasteiger partial charge in [-0.2, -0.15) is 0 Å². The Morgan fingerprint density at radius 3 is 2.69 bits per heavy atom. The van der Waals surface area contributed by atoms with Gasteiger partial charge < -0.3 is 9.47 Å². The Bertz CT molecular complexity index is 330. The Kier molecular flexibility index (Phi) is 5.09. The molecule has 1 aromatic rings. The van der Waals surface area contributed by atoms with E-state index in [-0.39, 0.29) is 5.91 Å². The van der Waals surface area contributed by atoms with Crippen molar-refractivity contribution in [1.82, 2.24) is 9.47 Å². The fourth-order valence-corrected chi connectivity index (χ4v) is 1.72. The van der Waals surface area contributed by atoms with Crippen LogP contribution in [-0.2, 0) is 18.4 Å². The van der Waals surface area contributed by atoms with Gasteiger partial charge in [0.15, 0.2) is 0 Å². The molecular weight excluding hydrogens is 200 g/mol. The third kappa shape index (κ3) is 3.40. The summed E-state index contributed by atoms with van der Waals surface area (Å²) in [5.41, 5.74) is 1.19. The van der Waals surface area contributed by atoms with Crippen LogP contribution in [0.15, 0.2) is 18.3 Å². The lowest BCUT2D eigenvalue weighted by molar-refractivity contribution is -0.131. The van der Waals surface area contributed by atoms with Crippen molar-refractivity contribution in [3.05, 3.63) is 24.0 Å². The second-order valence-electron chi connectivity index (χ2n) is 4.13. The molecule has 0 aromatic carbocycles. The Hall–Kier alpha value is -1.25. The van der Waals surface area contributed by atoms with E-state index >= 15 is 0 Å². The van der Waals surface area contributed by atoms with E-state index < -0.39 is 0 Å². The van der Waals surface area contributed by atoms with Crippen LogP contribution in [0.25, 0.3) is 0 Å². The zero-order valence-electron chi connectivity index (χ0n) is 10.6. The van der Waals surface area contributed by atoms with Gasteiger partial charge in [-0.15, -0.1) is 0 Å². The summed E-state index contributed by atoms with van der Waals surface area (Å²) in [5, 5.41) is 0. The van der Waals surface area contributed by atoms with Crippen LogP contribution >= 0.6 is 0 Å². The molecule has 16 heavy (non-hydrogen) atoms. The number of aryl methyl sites for hydroxylation is 1. The molecule has 0 saturated heterocycles. The average Bonchev–Trinajstić information content (AvgIpc) is 2.69. The smallest absolute Gasteiger partial charge is 0.222 e. The Balaban J connectivity index is 2.63. The van der Waals surface area contributed by atoms with Crippen molar-refractivity contribution in [2.45, 2.75) is 39.7 Å². The highest BCUT2D eigenvalue weighted by Crippen LogP contribution is 2.08. The van der Waals surface area contributed by atoms with Crippen molar-refractivity contribution >= 4 is 5.91 Å². The summed E-state index contributed by atoms with van der Waals surface area (Å²) < 4.78 is 2.07. The first-order chi connectivity index (χ1) is 7.69. The molecule has 0 radical (unpaired) electrons. The van der Waals surface area contributed by atoms with Crippen molar-refractivity contribution in [3.63, 3.8) is 0 Å². The van der Waals surface area contributed by atoms with Gasteiger partial charge in [0.1, 0.15) is 0 Å². The molecule has 3 nitrogen and oxygen atoms in total. The summed E-state index contributed by atoms with van der Waals surface area (Å²) in [6.07, 6.45) is 4.81. The summed E-state index contributed by atoms with van der Waals surface area (Å²) >= 11 is 0. The fraction of sp³-hybridized carbons (Fsp3) is 0.615. The van der Waals surface area contributed by atoms with Gasteiger partial charge in [-0.05, 0) is 18.6 Å². The highest BCUT2D eigenvalue weighted by atomic mass is 16.2. The summed E-state index contributed by atoms with van der Waals surface area (Å²) in [5.74, 6) is 0.245. The van der Waals surface area contributed by atoms with Gasteiger partial charge in [0.05, 0.1) is 6.54 Å². The van der Waals surface area contributed by atoms with Gasteiger partial charge in [0.2, 0.25) is 5.91 Å². The highest BCUT2D eigenvalue weighted by molar-refractivity contribution is 5.75. The van der Waals surface area contributed by atoms with Crippen LogP contribution in [0, 0.1) is 0 Å². The van der Waals surface area contributed by atoms with Crippen LogP contribution in [0.2, 0.25) is 0 Å². The normalized spacial score (nSPS) is 10.4. The molecule has 1 heterocycles. The number of hydrogen-bond acceptors (Lipinski definition) is 1. The van der Waals surface area contributed by atoms with E-state index in [4.69, 9.17) is 0 Å². The lowest BCUT2D eigenvalue weighted by Crippen LogP contribution is -2.31. The minimum Gasteiger partial charge on any atom is -0.353 e. The fourth-order valence-electron chi connectivity index (χ4n) is 1.72. The van der Waals surface area contributed by atoms with Crippen LogP contribution in [-0.4, -0.2) is 21.9 Å². The van der Waals surface area contributed by atoms with E-state index in [2.05, 4.69) is 17.6 Å². The topological polar surface area (TPSA) is 25.2 Å². The van der Waals surface area contributed by atoms with Gasteiger partial charge in [0.25, 0.3) is 0 Å². The SMILES string of the molecule is CCCCN(Cc1cccn1C)C(=O)CC. The Morgan fingerprint density at radius 1 is 1.44 bits per heavy atom. The first-order valence-corrected chi connectivity index (χ1v) is 6.07. The standard InChI is InChI=1S/C13H22N2O/c1-4-6-10-15(13(16)5-2)11-12-8-7-9-14(12)3/h7-9H,4-6,10-11H2,1-3H3. The van der Waals surface area contributed by atoms with Gasteiger partial charge in [-0.1, -0.05) is 20.3 Å². The lowest BCUT2D eigenvalue weighted by Gasteiger charge is -2.22. The monoisotopic (exact) mass is 222 g/mol. The molecule has 1 aromatic heterocycles. The Labute approximate surface area is 98.1 Å². The Morgan fingerprint density at radius 2 is 2.19 bits per heavy atom. The molecule has 0 aliphatic carbocycles. The van der Waals surface area contributed by atoms with Crippen molar-refractivity contribution in [3.8, 4) is 0 Å². The predicted octanol–water partition coefficient (Wildman–Crippen LogP) is 2.56. The third-order valence-corrected chi connectivity index (χ3v) is 2.84. The summed E-state index contributed by atoms with van der Waals surface area (Å²) in [6, 6.07) is 4.09. The zero-order chi connectivity index (χ0) is 12.0. The molecule has 1 amide bonds. The molecule has 0 bridgehead atoms. The molecule has 0 atom stereocenters. The average molecular weight is 222 g/mol. The molecule has 0 N–H and O–H groups in total. The number of rotatable bonds is 6. The van der Waals surface area contributed by atoms with Crippen LogP contribution < -0.4 is 0 Å². The molecule has 0 aliphatic heterocycles. The first kappa shape index (κ1) is 12.8. The molecule has 90 valence electrons. The van der Waals surface area contributed by atoms with Gasteiger partial charge in [-0.25, -0.2) is 0 Å². The molecule has 0 unspecified atom stereocenters. The van der Waals surface area contributed by atoms with Crippen molar-refractivity contribution < 1.29 is 4.79 Å². The van der Waals surface area contributed by atoms with Crippen molar-refractivity contribution in [2.24, 2.45) is 7.05 Å². The van der Waals surface area contributed by atoms with E-state index in [0.29, 0.717) is 6.42 Å². The molecule has 0 spiro atoms. The zero-order valence-corrected chi connectivity index (χ0v) is 10.6. The molecule has 0 fully saturated rings. The number of nitrogens with zero attached hydrogens (tertiary/aromatic N) is 2. The number of unbranched alkanes of at least 4 members (excludes halogenated alkanes) is 1. The third-order valence-electron chi connectivity index (χ3n) is 2.84. The van der Waals surface area contributed by atoms with Crippen LogP contribution in [0.1, 0.15) is 38.8 Å². The van der Waals surface area contributed by atoms with Gasteiger partial charge in [0, 0.05) is 31.9 Å². The molecule has 1 rings (SSSR count). The van der Waals surface area contributed by atoms with Crippen molar-refractivity contribution in [2.75, 3.05) is 6.54 Å². The lowest BCUT2D eigenvalue weighted by atomic mass is 10.2. The van der Waals surface area contributed by atoms with E-state index in [1.54, 1.807) is 0 Å². The molecule has 0 saturated carbocycles. The summed E-state index contributed by atoms with van der Waals surface area (Å²) in [4.78, 5) is 13.7. The maximum Gasteiger partial charge on any atom is 0.222 e. The summed E-state index contributed by atoms with van der Waals surface area (Å²) in [6.45, 7) is 5.67. The predicted molar refractivity (Wildman–Crippen MR) is 66.0 cm³/mol. The van der Waals surface area contributed by atoms with E-state index in [0.717, 1.165) is 25.9 Å². The number of carbonyl (C=O) groups is 1. The van der Waals surface area contributed by atoms with Crippen molar-refractivity contribution in [1.29, 1.82) is 0 Å². The largest absolute Gasteiger partial charge is 0.353 e. The molecule has 3 heteroatoms. The second kappa shape index (κ2) is 6.36. The van der Waals surface area contributed by atoms with E-state index in [9.17, 15) is 4.79 Å². The van der Waals surface area contributed by atoms with Gasteiger partial charge >= 0.3 is 0 Å². The van der Waals surface area contributed by atoms with E-state index in [1.165, 1.54) is 5.69 Å². The maximum atomic E-state index is 11.8. The highest BCUT2D eigenvalue weighted by Gasteiger charge is 2.12. The number of hydrogen-bond donors (Lipinski definition) is 0. The summed E-state index contributed by atoms with van der Waals surface area (Å²) in [7, 11) is 2.02.